The van der Waals surface area contributed by atoms with Crippen molar-refractivity contribution in [3.63, 3.8) is 0 Å². The highest BCUT2D eigenvalue weighted by Gasteiger charge is 2.22. The second-order valence-corrected chi connectivity index (χ2v) is 10.0. The summed E-state index contributed by atoms with van der Waals surface area (Å²) in [6.45, 7) is 2.76. The number of hydrogen-bond donors (Lipinski definition) is 0. The number of anilines is 1. The van der Waals surface area contributed by atoms with Gasteiger partial charge < -0.3 is 9.80 Å². The summed E-state index contributed by atoms with van der Waals surface area (Å²) in [7, 11) is 1.95. The molecule has 0 spiro atoms. The van der Waals surface area contributed by atoms with E-state index in [2.05, 4.69) is 10.00 Å². The van der Waals surface area contributed by atoms with Crippen molar-refractivity contribution in [1.29, 1.82) is 0 Å². The number of aromatic nitrogens is 2. The predicted octanol–water partition coefficient (Wildman–Crippen LogP) is 4.48. The maximum absolute atomic E-state index is 13.2. The standard InChI is InChI=1S/C26H30FN5OS/c1-30-26(28-22-5-3-2-4-6-22)34-24(29-30)19-7-9-20(10-8-19)25(33)32-17-15-31(16-18-32)23-13-11-21(27)12-14-23/h7-14,22H,2-6,15-18H2,1H3/b28-26+. The summed E-state index contributed by atoms with van der Waals surface area (Å²) in [6, 6.07) is 14.7. The SMILES string of the molecule is Cn1nc(-c2ccc(C(=O)N3CCN(c4ccc(F)cc4)CC3)cc2)s/c1=N/C1CCCCC1. The van der Waals surface area contributed by atoms with Crippen LogP contribution in [0, 0.1) is 5.82 Å². The number of hydrogen-bond acceptors (Lipinski definition) is 5. The third kappa shape index (κ3) is 5.06. The Morgan fingerprint density at radius 2 is 1.65 bits per heavy atom. The molecule has 1 saturated carbocycles. The number of piperazine rings is 1. The topological polar surface area (TPSA) is 53.7 Å². The van der Waals surface area contributed by atoms with Crippen molar-refractivity contribution in [2.24, 2.45) is 12.0 Å². The van der Waals surface area contributed by atoms with E-state index in [0.717, 1.165) is 34.1 Å². The van der Waals surface area contributed by atoms with E-state index in [1.165, 1.54) is 44.2 Å². The Balaban J connectivity index is 1.23. The first-order valence-corrected chi connectivity index (χ1v) is 12.9. The van der Waals surface area contributed by atoms with Crippen LogP contribution in [0.2, 0.25) is 0 Å². The molecule has 1 saturated heterocycles. The molecule has 8 heteroatoms. The summed E-state index contributed by atoms with van der Waals surface area (Å²) < 4.78 is 15.1. The van der Waals surface area contributed by atoms with Crippen molar-refractivity contribution >= 4 is 22.9 Å². The van der Waals surface area contributed by atoms with E-state index in [1.54, 1.807) is 23.5 Å². The van der Waals surface area contributed by atoms with Gasteiger partial charge in [-0.1, -0.05) is 42.7 Å². The van der Waals surface area contributed by atoms with Crippen LogP contribution in [0.25, 0.3) is 10.6 Å². The van der Waals surface area contributed by atoms with Gasteiger partial charge >= 0.3 is 0 Å². The average Bonchev–Trinajstić information content (AvgIpc) is 3.25. The molecule has 1 aliphatic heterocycles. The first-order valence-electron chi connectivity index (χ1n) is 12.0. The van der Waals surface area contributed by atoms with E-state index >= 15 is 0 Å². The molecule has 0 unspecified atom stereocenters. The van der Waals surface area contributed by atoms with E-state index in [1.807, 2.05) is 40.9 Å². The highest BCUT2D eigenvalue weighted by Crippen LogP contribution is 2.23. The Morgan fingerprint density at radius 1 is 0.971 bits per heavy atom. The molecule has 5 rings (SSSR count). The summed E-state index contributed by atoms with van der Waals surface area (Å²) in [6.07, 6.45) is 6.19. The van der Waals surface area contributed by atoms with Gasteiger partial charge in [-0.2, -0.15) is 5.10 Å². The Kier molecular flexibility index (Phi) is 6.76. The van der Waals surface area contributed by atoms with Crippen LogP contribution in [0.15, 0.2) is 53.5 Å². The minimum Gasteiger partial charge on any atom is -0.368 e. The Morgan fingerprint density at radius 3 is 2.32 bits per heavy atom. The first kappa shape index (κ1) is 22.8. The van der Waals surface area contributed by atoms with Crippen molar-refractivity contribution in [2.75, 3.05) is 31.1 Å². The number of carbonyl (C=O) groups is 1. The van der Waals surface area contributed by atoms with Crippen LogP contribution in [-0.2, 0) is 7.05 Å². The zero-order valence-corrected chi connectivity index (χ0v) is 20.3. The molecule has 1 aromatic heterocycles. The molecular formula is C26H30FN5OS. The normalized spacial score (nSPS) is 17.9. The lowest BCUT2D eigenvalue weighted by Crippen LogP contribution is -2.48. The Hall–Kier alpha value is -3.00. The van der Waals surface area contributed by atoms with Gasteiger partial charge in [-0.25, -0.2) is 9.07 Å². The molecule has 34 heavy (non-hydrogen) atoms. The van der Waals surface area contributed by atoms with E-state index in [-0.39, 0.29) is 11.7 Å². The van der Waals surface area contributed by atoms with Crippen LogP contribution in [0.1, 0.15) is 42.5 Å². The van der Waals surface area contributed by atoms with E-state index < -0.39 is 0 Å². The van der Waals surface area contributed by atoms with Gasteiger partial charge in [0.15, 0.2) is 0 Å². The third-order valence-corrected chi connectivity index (χ3v) is 7.77. The fourth-order valence-corrected chi connectivity index (χ4v) is 5.67. The number of aryl methyl sites for hydroxylation is 1. The number of nitrogens with zero attached hydrogens (tertiary/aromatic N) is 5. The van der Waals surface area contributed by atoms with Crippen LogP contribution < -0.4 is 9.70 Å². The molecule has 2 aliphatic rings. The maximum atomic E-state index is 13.2. The lowest BCUT2D eigenvalue weighted by Gasteiger charge is -2.36. The molecule has 1 amide bonds. The van der Waals surface area contributed by atoms with Crippen molar-refractivity contribution in [3.05, 3.63) is 64.7 Å². The molecular weight excluding hydrogens is 449 g/mol. The second-order valence-electron chi connectivity index (χ2n) is 9.07. The largest absolute Gasteiger partial charge is 0.368 e. The number of benzene rings is 2. The zero-order valence-electron chi connectivity index (χ0n) is 19.5. The fraction of sp³-hybridized carbons (Fsp3) is 0.423. The van der Waals surface area contributed by atoms with Gasteiger partial charge in [0.05, 0.1) is 6.04 Å². The van der Waals surface area contributed by atoms with E-state index in [4.69, 9.17) is 4.99 Å². The summed E-state index contributed by atoms with van der Waals surface area (Å²) in [5.41, 5.74) is 2.68. The molecule has 178 valence electrons. The second kappa shape index (κ2) is 10.1. The maximum Gasteiger partial charge on any atom is 0.253 e. The lowest BCUT2D eigenvalue weighted by atomic mass is 9.96. The summed E-state index contributed by atoms with van der Waals surface area (Å²) in [5.74, 6) is -0.189. The molecule has 2 heterocycles. The van der Waals surface area contributed by atoms with Crippen LogP contribution in [0.5, 0.6) is 0 Å². The van der Waals surface area contributed by atoms with Gasteiger partial charge in [0.25, 0.3) is 5.91 Å². The van der Waals surface area contributed by atoms with Crippen molar-refractivity contribution in [2.45, 2.75) is 38.1 Å². The highest BCUT2D eigenvalue weighted by atomic mass is 32.1. The third-order valence-electron chi connectivity index (χ3n) is 6.71. The van der Waals surface area contributed by atoms with Crippen LogP contribution >= 0.6 is 11.3 Å². The molecule has 1 aliphatic carbocycles. The quantitative estimate of drug-likeness (QED) is 0.554. The van der Waals surface area contributed by atoms with Crippen molar-refractivity contribution < 1.29 is 9.18 Å². The van der Waals surface area contributed by atoms with Crippen molar-refractivity contribution in [1.82, 2.24) is 14.7 Å². The minimum absolute atomic E-state index is 0.0444. The van der Waals surface area contributed by atoms with Gasteiger partial charge in [0, 0.05) is 50.0 Å². The fourth-order valence-electron chi connectivity index (χ4n) is 4.70. The first-order chi connectivity index (χ1) is 16.6. The van der Waals surface area contributed by atoms with Gasteiger partial charge in [-0.3, -0.25) is 9.79 Å². The van der Waals surface area contributed by atoms with E-state index in [0.29, 0.717) is 24.7 Å². The number of carbonyl (C=O) groups excluding carboxylic acids is 1. The molecule has 0 atom stereocenters. The average molecular weight is 480 g/mol. The van der Waals surface area contributed by atoms with E-state index in [9.17, 15) is 9.18 Å². The zero-order chi connectivity index (χ0) is 23.5. The van der Waals surface area contributed by atoms with Gasteiger partial charge in [0.2, 0.25) is 4.80 Å². The van der Waals surface area contributed by atoms with Gasteiger partial charge in [-0.15, -0.1) is 0 Å². The molecule has 0 bridgehead atoms. The van der Waals surface area contributed by atoms with Crippen molar-refractivity contribution in [3.8, 4) is 10.6 Å². The number of rotatable bonds is 4. The summed E-state index contributed by atoms with van der Waals surface area (Å²) >= 11 is 1.61. The highest BCUT2D eigenvalue weighted by molar-refractivity contribution is 7.12. The lowest BCUT2D eigenvalue weighted by molar-refractivity contribution is 0.0747. The summed E-state index contributed by atoms with van der Waals surface area (Å²) in [4.78, 5) is 23.0. The Labute approximate surface area is 203 Å². The molecule has 3 aromatic rings. The predicted molar refractivity (Wildman–Crippen MR) is 133 cm³/mol. The molecule has 2 fully saturated rings. The summed E-state index contributed by atoms with van der Waals surface area (Å²) in [5, 5.41) is 5.59. The number of halogens is 1. The van der Waals surface area contributed by atoms with Gasteiger partial charge in [-0.05, 0) is 49.2 Å². The van der Waals surface area contributed by atoms with Crippen LogP contribution in [-0.4, -0.2) is 52.8 Å². The molecule has 2 aromatic carbocycles. The van der Waals surface area contributed by atoms with Gasteiger partial charge in [0.1, 0.15) is 10.8 Å². The van der Waals surface area contributed by atoms with Crippen LogP contribution in [0.3, 0.4) is 0 Å². The molecule has 6 nitrogen and oxygen atoms in total. The molecule has 0 N–H and O–H groups in total. The molecule has 0 radical (unpaired) electrons. The minimum atomic E-state index is -0.234. The monoisotopic (exact) mass is 479 g/mol. The van der Waals surface area contributed by atoms with Crippen LogP contribution in [0.4, 0.5) is 10.1 Å². The smallest absolute Gasteiger partial charge is 0.253 e. The Bertz CT molecular complexity index is 1190. The number of amides is 1.